The van der Waals surface area contributed by atoms with Gasteiger partial charge in [-0.05, 0) is 37.0 Å². The molecule has 0 saturated carbocycles. The van der Waals surface area contributed by atoms with Crippen molar-refractivity contribution in [2.24, 2.45) is 5.92 Å². The molecule has 0 spiro atoms. The molecule has 0 aromatic heterocycles. The molecule has 8 nitrogen and oxygen atoms in total. The number of nitrogens with zero attached hydrogens (tertiary/aromatic N) is 2. The molecule has 0 aliphatic carbocycles. The van der Waals surface area contributed by atoms with E-state index in [1.165, 1.54) is 23.1 Å². The van der Waals surface area contributed by atoms with E-state index in [0.29, 0.717) is 17.3 Å². The van der Waals surface area contributed by atoms with Gasteiger partial charge in [0.2, 0.25) is 11.8 Å². The second-order valence-electron chi connectivity index (χ2n) is 8.89. The maximum Gasteiger partial charge on any atom is 0.269 e. The van der Waals surface area contributed by atoms with Gasteiger partial charge in [-0.25, -0.2) is 12.7 Å². The van der Waals surface area contributed by atoms with E-state index in [1.807, 2.05) is 45.0 Å². The third-order valence-corrected chi connectivity index (χ3v) is 7.48. The number of carbonyl (C=O) groups excluding carboxylic acids is 3. The highest BCUT2D eigenvalue weighted by Gasteiger charge is 2.43. The lowest BCUT2D eigenvalue weighted by Crippen LogP contribution is -2.52. The zero-order valence-electron chi connectivity index (χ0n) is 19.9. The Morgan fingerprint density at radius 1 is 1.09 bits per heavy atom. The first-order chi connectivity index (χ1) is 16.1. The Kier molecular flexibility index (Phi) is 7.76. The molecule has 1 N–H and O–H groups in total. The number of hydrogen-bond acceptors (Lipinski definition) is 5. The molecule has 0 fully saturated rings. The van der Waals surface area contributed by atoms with Crippen LogP contribution in [-0.2, 0) is 26.2 Å². The van der Waals surface area contributed by atoms with Crippen molar-refractivity contribution in [2.45, 2.75) is 51.6 Å². The first kappa shape index (κ1) is 25.4. The summed E-state index contributed by atoms with van der Waals surface area (Å²) in [6.07, 6.45) is 0.336. The maximum atomic E-state index is 13.5. The summed E-state index contributed by atoms with van der Waals surface area (Å²) in [4.78, 5) is 40.6. The van der Waals surface area contributed by atoms with Crippen molar-refractivity contribution in [2.75, 3.05) is 13.1 Å². The van der Waals surface area contributed by atoms with Gasteiger partial charge in [-0.1, -0.05) is 62.7 Å². The highest BCUT2D eigenvalue weighted by atomic mass is 32.2. The molecule has 182 valence electrons. The van der Waals surface area contributed by atoms with E-state index in [4.69, 9.17) is 0 Å². The number of sulfonamides is 1. The van der Waals surface area contributed by atoms with Crippen LogP contribution in [0.1, 0.15) is 48.7 Å². The average Bonchev–Trinajstić information content (AvgIpc) is 2.98. The Hall–Kier alpha value is -3.20. The first-order valence-electron chi connectivity index (χ1n) is 11.3. The van der Waals surface area contributed by atoms with E-state index < -0.39 is 34.4 Å². The van der Waals surface area contributed by atoms with Gasteiger partial charge < -0.3 is 10.2 Å². The number of rotatable bonds is 9. The lowest BCUT2D eigenvalue weighted by molar-refractivity contribution is -0.141. The van der Waals surface area contributed by atoms with Crippen LogP contribution < -0.4 is 5.32 Å². The third kappa shape index (κ3) is 5.30. The lowest BCUT2D eigenvalue weighted by atomic mass is 10.1. The topological polar surface area (TPSA) is 104 Å². The van der Waals surface area contributed by atoms with Crippen molar-refractivity contribution in [3.63, 3.8) is 0 Å². The number of hydrogen-bond donors (Lipinski definition) is 1. The summed E-state index contributed by atoms with van der Waals surface area (Å²) in [7, 11) is -4.14. The third-order valence-electron chi connectivity index (χ3n) is 5.70. The van der Waals surface area contributed by atoms with Crippen molar-refractivity contribution in [3.8, 4) is 0 Å². The minimum atomic E-state index is -4.14. The van der Waals surface area contributed by atoms with E-state index in [0.717, 1.165) is 11.1 Å². The first-order valence-corrected chi connectivity index (χ1v) is 12.8. The molecule has 9 heteroatoms. The summed E-state index contributed by atoms with van der Waals surface area (Å²) in [5, 5.41) is 2.87. The minimum Gasteiger partial charge on any atom is -0.354 e. The van der Waals surface area contributed by atoms with E-state index in [2.05, 4.69) is 5.32 Å². The van der Waals surface area contributed by atoms with E-state index in [-0.39, 0.29) is 28.8 Å². The quantitative estimate of drug-likeness (QED) is 0.588. The summed E-state index contributed by atoms with van der Waals surface area (Å²) in [5.74, 6) is -1.43. The van der Waals surface area contributed by atoms with Crippen LogP contribution in [0.25, 0.3) is 0 Å². The number of amides is 3. The normalized spacial score (nSPS) is 15.2. The second kappa shape index (κ2) is 10.4. The van der Waals surface area contributed by atoms with Crippen molar-refractivity contribution in [1.82, 2.24) is 14.5 Å². The zero-order chi connectivity index (χ0) is 25.0. The number of nitrogens with one attached hydrogen (secondary N) is 1. The van der Waals surface area contributed by atoms with Gasteiger partial charge >= 0.3 is 0 Å². The molecule has 1 aliphatic rings. The number of fused-ring (bicyclic) bond motifs is 1. The minimum absolute atomic E-state index is 0.0438. The predicted molar refractivity (Wildman–Crippen MR) is 128 cm³/mol. The molecule has 3 rings (SSSR count). The van der Waals surface area contributed by atoms with Crippen LogP contribution >= 0.6 is 0 Å². The van der Waals surface area contributed by atoms with Crippen LogP contribution in [0.3, 0.4) is 0 Å². The van der Waals surface area contributed by atoms with E-state index in [1.54, 1.807) is 13.0 Å². The van der Waals surface area contributed by atoms with Crippen LogP contribution in [0.5, 0.6) is 0 Å². The van der Waals surface area contributed by atoms with Gasteiger partial charge in [-0.2, -0.15) is 0 Å². The molecule has 2 aromatic rings. The molecule has 3 amide bonds. The Morgan fingerprint density at radius 3 is 2.41 bits per heavy atom. The maximum absolute atomic E-state index is 13.5. The Morgan fingerprint density at radius 2 is 1.79 bits per heavy atom. The lowest BCUT2D eigenvalue weighted by Gasteiger charge is -2.32. The summed E-state index contributed by atoms with van der Waals surface area (Å²) >= 11 is 0. The molecule has 1 atom stereocenters. The molecule has 1 heterocycles. The van der Waals surface area contributed by atoms with Crippen molar-refractivity contribution in [1.29, 1.82) is 0 Å². The SMILES string of the molecule is CCC(C(=O)NCC(C)C)N(Cc1cccc(C)c1)C(=O)CN1C(=O)c2ccccc2S1(=O)=O. The van der Waals surface area contributed by atoms with Crippen LogP contribution in [0.2, 0.25) is 0 Å². The molecule has 0 bridgehead atoms. The smallest absolute Gasteiger partial charge is 0.269 e. The van der Waals surface area contributed by atoms with Crippen molar-refractivity contribution in [3.05, 3.63) is 65.2 Å². The number of carbonyl (C=O) groups is 3. The Balaban J connectivity index is 1.91. The zero-order valence-corrected chi connectivity index (χ0v) is 20.8. The molecule has 1 aliphatic heterocycles. The van der Waals surface area contributed by atoms with Crippen LogP contribution in [-0.4, -0.2) is 54.5 Å². The van der Waals surface area contributed by atoms with Crippen molar-refractivity contribution >= 4 is 27.7 Å². The van der Waals surface area contributed by atoms with Crippen LogP contribution in [0.15, 0.2) is 53.4 Å². The average molecular weight is 486 g/mol. The monoisotopic (exact) mass is 485 g/mol. The molecular formula is C25H31N3O5S. The van der Waals surface area contributed by atoms with E-state index in [9.17, 15) is 22.8 Å². The highest BCUT2D eigenvalue weighted by Crippen LogP contribution is 2.30. The van der Waals surface area contributed by atoms with Crippen LogP contribution in [0, 0.1) is 12.8 Å². The Labute approximate surface area is 201 Å². The summed E-state index contributed by atoms with van der Waals surface area (Å²) in [6.45, 7) is 7.56. The van der Waals surface area contributed by atoms with Gasteiger partial charge in [-0.3, -0.25) is 14.4 Å². The van der Waals surface area contributed by atoms with Gasteiger partial charge in [0.15, 0.2) is 0 Å². The molecule has 0 saturated heterocycles. The Bertz CT molecular complexity index is 1190. The fourth-order valence-corrected chi connectivity index (χ4v) is 5.47. The fraction of sp³-hybridized carbons (Fsp3) is 0.400. The van der Waals surface area contributed by atoms with Gasteiger partial charge in [0.05, 0.1) is 5.56 Å². The van der Waals surface area contributed by atoms with Gasteiger partial charge in [0.25, 0.3) is 15.9 Å². The highest BCUT2D eigenvalue weighted by molar-refractivity contribution is 7.90. The fourth-order valence-electron chi connectivity index (χ4n) is 3.95. The molecule has 34 heavy (non-hydrogen) atoms. The van der Waals surface area contributed by atoms with Crippen LogP contribution in [0.4, 0.5) is 0 Å². The second-order valence-corrected chi connectivity index (χ2v) is 10.7. The summed E-state index contributed by atoms with van der Waals surface area (Å²) in [5.41, 5.74) is 1.85. The van der Waals surface area contributed by atoms with Gasteiger partial charge in [0, 0.05) is 13.1 Å². The van der Waals surface area contributed by atoms with Crippen molar-refractivity contribution < 1.29 is 22.8 Å². The van der Waals surface area contributed by atoms with Gasteiger partial charge in [-0.15, -0.1) is 0 Å². The summed E-state index contributed by atoms with van der Waals surface area (Å²) < 4.78 is 26.5. The molecule has 2 aromatic carbocycles. The molecule has 1 unspecified atom stereocenters. The molecule has 0 radical (unpaired) electrons. The summed E-state index contributed by atoms with van der Waals surface area (Å²) in [6, 6.07) is 12.6. The predicted octanol–water partition coefficient (Wildman–Crippen LogP) is 2.72. The number of aryl methyl sites for hydroxylation is 1. The van der Waals surface area contributed by atoms with Gasteiger partial charge in [0.1, 0.15) is 17.5 Å². The standard InChI is InChI=1S/C25H31N3O5S/c1-5-21(24(30)26-14-17(2)3)27(15-19-10-8-9-18(4)13-19)23(29)16-28-25(31)20-11-6-7-12-22(20)34(28,32)33/h6-13,17,21H,5,14-16H2,1-4H3,(H,26,30). The van der Waals surface area contributed by atoms with E-state index >= 15 is 0 Å². The number of benzene rings is 2. The largest absolute Gasteiger partial charge is 0.354 e. The molecular weight excluding hydrogens is 454 g/mol.